The van der Waals surface area contributed by atoms with Crippen molar-refractivity contribution in [3.05, 3.63) is 41.2 Å². The third kappa shape index (κ3) is 4.35. The van der Waals surface area contributed by atoms with Gasteiger partial charge in [0.15, 0.2) is 5.69 Å². The fraction of sp³-hybridized carbons (Fsp3) is 0.476. The van der Waals surface area contributed by atoms with E-state index in [4.69, 9.17) is 5.73 Å². The molecular formula is C21H27F2N5O2. The van der Waals surface area contributed by atoms with Gasteiger partial charge in [-0.2, -0.15) is 0 Å². The lowest BCUT2D eigenvalue weighted by atomic mass is 9.86. The summed E-state index contributed by atoms with van der Waals surface area (Å²) < 4.78 is 29.7. The van der Waals surface area contributed by atoms with Crippen molar-refractivity contribution in [2.24, 2.45) is 11.1 Å². The zero-order chi connectivity index (χ0) is 22.2. The first kappa shape index (κ1) is 21.9. The molecule has 1 aliphatic rings. The number of carbonyl (C=O) groups excluding carboxylic acids is 2. The fourth-order valence-corrected chi connectivity index (χ4v) is 3.69. The minimum atomic E-state index is -0.906. The maximum Gasteiger partial charge on any atom is 0.272 e. The lowest BCUT2D eigenvalue weighted by Gasteiger charge is -2.28. The Kier molecular flexibility index (Phi) is 5.94. The van der Waals surface area contributed by atoms with Crippen molar-refractivity contribution in [2.45, 2.75) is 46.3 Å². The van der Waals surface area contributed by atoms with E-state index in [1.54, 1.807) is 25.3 Å². The summed E-state index contributed by atoms with van der Waals surface area (Å²) in [5.74, 6) is -2.39. The molecule has 9 heteroatoms. The lowest BCUT2D eigenvalue weighted by molar-refractivity contribution is -0.122. The number of nitrogens with one attached hydrogen (secondary N) is 1. The maximum atomic E-state index is 14.5. The molecule has 0 aliphatic carbocycles. The van der Waals surface area contributed by atoms with Crippen LogP contribution in [0.3, 0.4) is 0 Å². The zero-order valence-corrected chi connectivity index (χ0v) is 17.6. The van der Waals surface area contributed by atoms with E-state index in [-0.39, 0.29) is 17.1 Å². The van der Waals surface area contributed by atoms with Crippen molar-refractivity contribution in [3.8, 4) is 11.4 Å². The number of nitrogens with zero attached hydrogens (tertiary/aromatic N) is 3. The molecule has 1 unspecified atom stereocenters. The highest BCUT2D eigenvalue weighted by atomic mass is 19.1. The molecule has 2 amide bonds. The van der Waals surface area contributed by atoms with E-state index >= 15 is 0 Å². The average molecular weight is 419 g/mol. The van der Waals surface area contributed by atoms with E-state index < -0.39 is 34.9 Å². The smallest absolute Gasteiger partial charge is 0.272 e. The first-order valence-corrected chi connectivity index (χ1v) is 9.82. The van der Waals surface area contributed by atoms with Crippen LogP contribution in [-0.4, -0.2) is 45.9 Å². The number of fused-ring (bicyclic) bond motifs is 1. The Balaban J connectivity index is 2.09. The molecule has 0 fully saturated rings. The summed E-state index contributed by atoms with van der Waals surface area (Å²) in [6, 6.07) is 2.36. The molecule has 162 valence electrons. The molecule has 30 heavy (non-hydrogen) atoms. The fourth-order valence-electron chi connectivity index (χ4n) is 3.69. The minimum Gasteiger partial charge on any atom is -0.368 e. The normalized spacial score (nSPS) is 15.9. The number of nitrogens with two attached hydrogens (primary N) is 1. The van der Waals surface area contributed by atoms with Gasteiger partial charge in [-0.05, 0) is 37.6 Å². The van der Waals surface area contributed by atoms with Gasteiger partial charge in [-0.3, -0.25) is 9.59 Å². The molecule has 2 heterocycles. The van der Waals surface area contributed by atoms with Gasteiger partial charge in [0, 0.05) is 19.2 Å². The highest BCUT2D eigenvalue weighted by molar-refractivity contribution is 5.97. The maximum absolute atomic E-state index is 14.5. The largest absolute Gasteiger partial charge is 0.368 e. The van der Waals surface area contributed by atoms with Crippen LogP contribution < -0.4 is 11.1 Å². The topological polar surface area (TPSA) is 93.2 Å². The predicted molar refractivity (Wildman–Crippen MR) is 108 cm³/mol. The third-order valence-electron chi connectivity index (χ3n) is 5.23. The Morgan fingerprint density at radius 3 is 2.53 bits per heavy atom. The van der Waals surface area contributed by atoms with Crippen LogP contribution >= 0.6 is 0 Å². The van der Waals surface area contributed by atoms with Crippen LogP contribution in [0.15, 0.2) is 18.2 Å². The van der Waals surface area contributed by atoms with Crippen molar-refractivity contribution >= 4 is 11.8 Å². The molecule has 1 aliphatic heterocycles. The lowest BCUT2D eigenvalue weighted by Crippen LogP contribution is -2.52. The van der Waals surface area contributed by atoms with Gasteiger partial charge >= 0.3 is 0 Å². The number of carbonyl (C=O) groups is 2. The minimum absolute atomic E-state index is 0.109. The second-order valence-electron chi connectivity index (χ2n) is 8.77. The zero-order valence-electron chi connectivity index (χ0n) is 17.6. The summed E-state index contributed by atoms with van der Waals surface area (Å²) in [7, 11) is 1.92. The Morgan fingerprint density at radius 1 is 1.23 bits per heavy atom. The Hall–Kier alpha value is -2.81. The van der Waals surface area contributed by atoms with Gasteiger partial charge in [-0.1, -0.05) is 20.8 Å². The summed E-state index contributed by atoms with van der Waals surface area (Å²) in [6.45, 7) is 7.14. The standard InChI is InChI=1S/C21H27F2N5O2/c1-21(2,3)17(18(24)29)26-20(30)16-15-11-27(4)8-5-9-28(15)19(25-16)13-7-6-12(22)10-14(13)23/h6-7,10,17H,5,8-9,11H2,1-4H3,(H2,24,29)(H,26,30). The predicted octanol–water partition coefficient (Wildman–Crippen LogP) is 2.29. The monoisotopic (exact) mass is 419 g/mol. The van der Waals surface area contributed by atoms with Gasteiger partial charge < -0.3 is 20.5 Å². The molecule has 7 nitrogen and oxygen atoms in total. The average Bonchev–Trinajstić information content (AvgIpc) is 2.84. The molecule has 1 aromatic carbocycles. The Bertz CT molecular complexity index is 981. The van der Waals surface area contributed by atoms with Crippen LogP contribution in [0.4, 0.5) is 8.78 Å². The molecule has 3 N–H and O–H groups in total. The van der Waals surface area contributed by atoms with E-state index in [1.165, 1.54) is 6.07 Å². The Labute approximate surface area is 174 Å². The molecule has 0 saturated heterocycles. The molecule has 3 rings (SSSR count). The molecule has 0 spiro atoms. The van der Waals surface area contributed by atoms with E-state index in [2.05, 4.69) is 10.3 Å². The van der Waals surface area contributed by atoms with Crippen LogP contribution in [0.1, 0.15) is 43.4 Å². The van der Waals surface area contributed by atoms with E-state index in [9.17, 15) is 18.4 Å². The molecular weight excluding hydrogens is 392 g/mol. The highest BCUT2D eigenvalue weighted by Crippen LogP contribution is 2.29. The van der Waals surface area contributed by atoms with Crippen molar-refractivity contribution in [2.75, 3.05) is 13.6 Å². The van der Waals surface area contributed by atoms with E-state index in [1.807, 2.05) is 11.9 Å². The molecule has 1 aromatic heterocycles. The summed E-state index contributed by atoms with van der Waals surface area (Å²) in [5, 5.41) is 2.69. The molecule has 0 radical (unpaired) electrons. The number of imidazole rings is 1. The number of hydrogen-bond acceptors (Lipinski definition) is 4. The van der Waals surface area contributed by atoms with Crippen LogP contribution in [-0.2, 0) is 17.9 Å². The molecule has 1 atom stereocenters. The van der Waals surface area contributed by atoms with Crippen LogP contribution in [0.5, 0.6) is 0 Å². The van der Waals surface area contributed by atoms with Gasteiger partial charge in [0.1, 0.15) is 23.5 Å². The summed E-state index contributed by atoms with van der Waals surface area (Å²) in [6.07, 6.45) is 0.780. The third-order valence-corrected chi connectivity index (χ3v) is 5.23. The first-order valence-electron chi connectivity index (χ1n) is 9.82. The van der Waals surface area contributed by atoms with Gasteiger partial charge in [0.2, 0.25) is 5.91 Å². The number of amides is 2. The van der Waals surface area contributed by atoms with Crippen molar-refractivity contribution < 1.29 is 18.4 Å². The van der Waals surface area contributed by atoms with Gasteiger partial charge in [-0.15, -0.1) is 0 Å². The summed E-state index contributed by atoms with van der Waals surface area (Å²) >= 11 is 0. The molecule has 0 saturated carbocycles. The summed E-state index contributed by atoms with van der Waals surface area (Å²) in [4.78, 5) is 31.5. The van der Waals surface area contributed by atoms with Crippen LogP contribution in [0.2, 0.25) is 0 Å². The van der Waals surface area contributed by atoms with E-state index in [0.717, 1.165) is 25.1 Å². The first-order chi connectivity index (χ1) is 14.0. The number of hydrogen-bond donors (Lipinski definition) is 2. The number of aromatic nitrogens is 2. The quantitative estimate of drug-likeness (QED) is 0.795. The van der Waals surface area contributed by atoms with Crippen molar-refractivity contribution in [3.63, 3.8) is 0 Å². The molecule has 2 aromatic rings. The van der Waals surface area contributed by atoms with Gasteiger partial charge in [0.05, 0.1) is 11.3 Å². The van der Waals surface area contributed by atoms with Crippen molar-refractivity contribution in [1.82, 2.24) is 19.8 Å². The van der Waals surface area contributed by atoms with Crippen LogP contribution in [0, 0.1) is 17.0 Å². The SMILES string of the molecule is CN1CCCn2c(-c3ccc(F)cc3F)nc(C(=O)NC(C(N)=O)C(C)(C)C)c2C1. The van der Waals surface area contributed by atoms with E-state index in [0.29, 0.717) is 18.8 Å². The second kappa shape index (κ2) is 8.14. The van der Waals surface area contributed by atoms with Crippen molar-refractivity contribution in [1.29, 1.82) is 0 Å². The number of halogens is 2. The molecule has 0 bridgehead atoms. The highest BCUT2D eigenvalue weighted by Gasteiger charge is 2.34. The van der Waals surface area contributed by atoms with Gasteiger partial charge in [0.25, 0.3) is 5.91 Å². The number of rotatable bonds is 4. The Morgan fingerprint density at radius 2 is 1.93 bits per heavy atom. The number of benzene rings is 1. The van der Waals surface area contributed by atoms with Crippen LogP contribution in [0.25, 0.3) is 11.4 Å². The number of primary amides is 1. The van der Waals surface area contributed by atoms with Gasteiger partial charge in [-0.25, -0.2) is 13.8 Å². The second-order valence-corrected chi connectivity index (χ2v) is 8.77. The summed E-state index contributed by atoms with van der Waals surface area (Å²) in [5.41, 5.74) is 5.73.